The van der Waals surface area contributed by atoms with Crippen molar-refractivity contribution >= 4 is 5.82 Å². The SMILES string of the molecule is CCNCC(O)Cn1cnc([N+](=O)[O-])c1. The Kier molecular flexibility index (Phi) is 4.19. The van der Waals surface area contributed by atoms with Crippen LogP contribution in [0, 0.1) is 10.1 Å². The molecule has 2 N–H and O–H groups in total. The van der Waals surface area contributed by atoms with Crippen molar-refractivity contribution in [1.82, 2.24) is 14.9 Å². The predicted molar refractivity (Wildman–Crippen MR) is 53.4 cm³/mol. The molecule has 0 saturated heterocycles. The number of aliphatic hydroxyl groups is 1. The van der Waals surface area contributed by atoms with Crippen LogP contribution in [0.2, 0.25) is 0 Å². The summed E-state index contributed by atoms with van der Waals surface area (Å²) >= 11 is 0. The molecule has 0 aromatic carbocycles. The van der Waals surface area contributed by atoms with Crippen LogP contribution in [-0.2, 0) is 6.54 Å². The first kappa shape index (κ1) is 11.6. The van der Waals surface area contributed by atoms with Crippen LogP contribution >= 0.6 is 0 Å². The Hall–Kier alpha value is -1.47. The molecule has 0 radical (unpaired) electrons. The van der Waals surface area contributed by atoms with E-state index >= 15 is 0 Å². The number of likely N-dealkylation sites (N-methyl/N-ethyl adjacent to an activating group) is 1. The Morgan fingerprint density at radius 2 is 2.53 bits per heavy atom. The average Bonchev–Trinajstić information content (AvgIpc) is 2.63. The Morgan fingerprint density at radius 1 is 1.80 bits per heavy atom. The fraction of sp³-hybridized carbons (Fsp3) is 0.625. The van der Waals surface area contributed by atoms with Crippen LogP contribution < -0.4 is 5.32 Å². The van der Waals surface area contributed by atoms with Crippen LogP contribution in [0.25, 0.3) is 0 Å². The summed E-state index contributed by atoms with van der Waals surface area (Å²) in [4.78, 5) is 13.3. The van der Waals surface area contributed by atoms with Gasteiger partial charge in [0, 0.05) is 6.54 Å². The minimum atomic E-state index is -0.571. The van der Waals surface area contributed by atoms with Crippen LogP contribution in [0.15, 0.2) is 12.5 Å². The van der Waals surface area contributed by atoms with Crippen LogP contribution in [0.3, 0.4) is 0 Å². The molecule has 0 aliphatic rings. The molecule has 84 valence electrons. The van der Waals surface area contributed by atoms with Gasteiger partial charge in [-0.1, -0.05) is 6.92 Å². The number of hydrogen-bond donors (Lipinski definition) is 2. The fourth-order valence-corrected chi connectivity index (χ4v) is 1.16. The van der Waals surface area contributed by atoms with Gasteiger partial charge < -0.3 is 25.1 Å². The van der Waals surface area contributed by atoms with Crippen LogP contribution in [0.1, 0.15) is 6.92 Å². The van der Waals surface area contributed by atoms with Crippen LogP contribution in [-0.4, -0.2) is 38.8 Å². The third-order valence-electron chi connectivity index (χ3n) is 1.86. The van der Waals surface area contributed by atoms with Gasteiger partial charge in [-0.15, -0.1) is 0 Å². The van der Waals surface area contributed by atoms with Crippen molar-refractivity contribution in [3.05, 3.63) is 22.6 Å². The monoisotopic (exact) mass is 214 g/mol. The van der Waals surface area contributed by atoms with E-state index in [1.165, 1.54) is 17.1 Å². The first-order chi connectivity index (χ1) is 7.13. The maximum Gasteiger partial charge on any atom is 0.381 e. The lowest BCUT2D eigenvalue weighted by molar-refractivity contribution is -0.389. The molecule has 7 heteroatoms. The molecule has 15 heavy (non-hydrogen) atoms. The molecule has 1 aromatic rings. The summed E-state index contributed by atoms with van der Waals surface area (Å²) in [7, 11) is 0. The number of aliphatic hydroxyl groups excluding tert-OH is 1. The summed E-state index contributed by atoms with van der Waals surface area (Å²) in [6, 6.07) is 0. The van der Waals surface area contributed by atoms with Gasteiger partial charge in [0.1, 0.15) is 6.20 Å². The Balaban J connectivity index is 2.46. The third-order valence-corrected chi connectivity index (χ3v) is 1.86. The van der Waals surface area contributed by atoms with Crippen molar-refractivity contribution in [3.8, 4) is 0 Å². The average molecular weight is 214 g/mol. The lowest BCUT2D eigenvalue weighted by Crippen LogP contribution is -2.29. The number of nitrogens with zero attached hydrogens (tertiary/aromatic N) is 3. The summed E-state index contributed by atoms with van der Waals surface area (Å²) in [5, 5.41) is 22.8. The Labute approximate surface area is 86.9 Å². The van der Waals surface area contributed by atoms with E-state index < -0.39 is 11.0 Å². The molecule has 0 bridgehead atoms. The lowest BCUT2D eigenvalue weighted by Gasteiger charge is -2.09. The number of imidazole rings is 1. The maximum absolute atomic E-state index is 10.3. The quantitative estimate of drug-likeness (QED) is 0.503. The maximum atomic E-state index is 10.3. The van der Waals surface area contributed by atoms with Gasteiger partial charge in [0.2, 0.25) is 6.33 Å². The second-order valence-corrected chi connectivity index (χ2v) is 3.15. The first-order valence-corrected chi connectivity index (χ1v) is 4.68. The van der Waals surface area contributed by atoms with Gasteiger partial charge in [-0.05, 0) is 16.5 Å². The molecule has 1 heterocycles. The highest BCUT2D eigenvalue weighted by atomic mass is 16.6. The van der Waals surface area contributed by atoms with Crippen molar-refractivity contribution in [2.45, 2.75) is 19.6 Å². The Bertz CT molecular complexity index is 325. The molecule has 7 nitrogen and oxygen atoms in total. The summed E-state index contributed by atoms with van der Waals surface area (Å²) in [6.45, 7) is 3.48. The molecule has 0 aliphatic carbocycles. The minimum Gasteiger partial charge on any atom is -0.390 e. The van der Waals surface area contributed by atoms with E-state index in [1.807, 2.05) is 6.92 Å². The smallest absolute Gasteiger partial charge is 0.381 e. The van der Waals surface area contributed by atoms with Crippen molar-refractivity contribution in [1.29, 1.82) is 0 Å². The molecule has 0 spiro atoms. The zero-order chi connectivity index (χ0) is 11.3. The number of nitrogens with one attached hydrogen (secondary N) is 1. The summed E-state index contributed by atoms with van der Waals surface area (Å²) in [5.41, 5.74) is 0. The van der Waals surface area contributed by atoms with E-state index in [2.05, 4.69) is 10.3 Å². The molecule has 1 unspecified atom stereocenters. The molecule has 0 fully saturated rings. The van der Waals surface area contributed by atoms with E-state index in [-0.39, 0.29) is 5.82 Å². The summed E-state index contributed by atoms with van der Waals surface area (Å²) in [6.07, 6.45) is 2.07. The highest BCUT2D eigenvalue weighted by molar-refractivity contribution is 5.12. The first-order valence-electron chi connectivity index (χ1n) is 4.68. The molecular weight excluding hydrogens is 200 g/mol. The van der Waals surface area contributed by atoms with Gasteiger partial charge in [-0.2, -0.15) is 0 Å². The van der Waals surface area contributed by atoms with Gasteiger partial charge in [-0.3, -0.25) is 0 Å². The van der Waals surface area contributed by atoms with Crippen LogP contribution in [0.4, 0.5) is 5.82 Å². The highest BCUT2D eigenvalue weighted by Crippen LogP contribution is 2.05. The van der Waals surface area contributed by atoms with Crippen molar-refractivity contribution in [2.24, 2.45) is 0 Å². The van der Waals surface area contributed by atoms with E-state index in [0.717, 1.165) is 6.54 Å². The largest absolute Gasteiger partial charge is 0.390 e. The zero-order valence-electron chi connectivity index (χ0n) is 8.46. The van der Waals surface area contributed by atoms with Gasteiger partial charge in [0.25, 0.3) is 0 Å². The molecule has 0 amide bonds. The van der Waals surface area contributed by atoms with Crippen molar-refractivity contribution < 1.29 is 10.0 Å². The Morgan fingerprint density at radius 3 is 3.07 bits per heavy atom. The van der Waals surface area contributed by atoms with E-state index in [4.69, 9.17) is 0 Å². The zero-order valence-corrected chi connectivity index (χ0v) is 8.46. The number of nitro groups is 1. The second-order valence-electron chi connectivity index (χ2n) is 3.15. The standard InChI is InChI=1S/C8H14N4O3/c1-2-9-3-7(13)4-11-5-8(10-6-11)12(14)15/h5-7,9,13H,2-4H2,1H3. The van der Waals surface area contributed by atoms with Crippen LogP contribution in [0.5, 0.6) is 0 Å². The van der Waals surface area contributed by atoms with E-state index in [0.29, 0.717) is 13.1 Å². The van der Waals surface area contributed by atoms with Gasteiger partial charge in [-0.25, -0.2) is 0 Å². The molecule has 0 aliphatic heterocycles. The summed E-state index contributed by atoms with van der Waals surface area (Å²) < 4.78 is 1.50. The normalized spacial score (nSPS) is 12.7. The predicted octanol–water partition coefficient (Wildman–Crippen LogP) is -0.238. The van der Waals surface area contributed by atoms with Gasteiger partial charge in [0.15, 0.2) is 0 Å². The van der Waals surface area contributed by atoms with Gasteiger partial charge in [0.05, 0.1) is 12.6 Å². The number of rotatable bonds is 6. The lowest BCUT2D eigenvalue weighted by atomic mass is 10.3. The van der Waals surface area contributed by atoms with E-state index in [9.17, 15) is 15.2 Å². The van der Waals surface area contributed by atoms with Crippen molar-refractivity contribution in [2.75, 3.05) is 13.1 Å². The van der Waals surface area contributed by atoms with Gasteiger partial charge >= 0.3 is 5.82 Å². The number of hydrogen-bond acceptors (Lipinski definition) is 5. The molecular formula is C8H14N4O3. The minimum absolute atomic E-state index is 0.203. The molecule has 1 rings (SSSR count). The van der Waals surface area contributed by atoms with E-state index in [1.54, 1.807) is 0 Å². The molecule has 1 atom stereocenters. The fourth-order valence-electron chi connectivity index (χ4n) is 1.16. The molecule has 1 aromatic heterocycles. The summed E-state index contributed by atoms with van der Waals surface area (Å²) in [5.74, 6) is -0.203. The topological polar surface area (TPSA) is 93.2 Å². The second kappa shape index (κ2) is 5.42. The third kappa shape index (κ3) is 3.64. The van der Waals surface area contributed by atoms with Crippen molar-refractivity contribution in [3.63, 3.8) is 0 Å². The number of aromatic nitrogens is 2. The molecule has 0 saturated carbocycles. The highest BCUT2D eigenvalue weighted by Gasteiger charge is 2.11.